The Morgan fingerprint density at radius 3 is 2.56 bits per heavy atom. The first-order valence-corrected chi connectivity index (χ1v) is 9.13. The minimum Gasteiger partial charge on any atom is -0.396 e. The Balaban J connectivity index is 1.61. The maximum Gasteiger partial charge on any atom is 0.253 e. The van der Waals surface area contributed by atoms with Crippen molar-refractivity contribution in [3.63, 3.8) is 0 Å². The number of amides is 1. The summed E-state index contributed by atoms with van der Waals surface area (Å²) in [5.74, 6) is -0.00468. The molecule has 138 valence electrons. The van der Waals surface area contributed by atoms with Gasteiger partial charge in [0.25, 0.3) is 5.91 Å². The van der Waals surface area contributed by atoms with Gasteiger partial charge in [0.2, 0.25) is 0 Å². The van der Waals surface area contributed by atoms with E-state index in [4.69, 9.17) is 0 Å². The molecule has 2 aliphatic rings. The van der Waals surface area contributed by atoms with E-state index in [1.807, 2.05) is 4.90 Å². The first-order valence-electron chi connectivity index (χ1n) is 9.13. The van der Waals surface area contributed by atoms with Gasteiger partial charge in [0.15, 0.2) is 0 Å². The van der Waals surface area contributed by atoms with Crippen molar-refractivity contribution in [2.45, 2.75) is 6.42 Å². The van der Waals surface area contributed by atoms with Crippen LogP contribution in [0.25, 0.3) is 0 Å². The van der Waals surface area contributed by atoms with Crippen LogP contribution in [0.5, 0.6) is 0 Å². The average molecular weight is 349 g/mol. The molecule has 0 unspecified atom stereocenters. The molecule has 2 saturated heterocycles. The van der Waals surface area contributed by atoms with E-state index in [1.54, 1.807) is 0 Å². The predicted octanol–water partition coefficient (Wildman–Crippen LogP) is 1.14. The maximum atomic E-state index is 13.1. The van der Waals surface area contributed by atoms with Crippen molar-refractivity contribution in [3.05, 3.63) is 35.6 Å². The standard InChI is InChI=1S/C19H28FN3O2/c1-21-7-2-8-22(10-9-21)11-16-12-23(13-17(16)14-24)19(25)15-3-5-18(20)6-4-15/h3-6,16-17,24H,2,7-14H2,1H3/t16-,17-/m1/s1. The monoisotopic (exact) mass is 349 g/mol. The van der Waals surface area contributed by atoms with Crippen LogP contribution in [0.1, 0.15) is 16.8 Å². The molecule has 2 heterocycles. The van der Waals surface area contributed by atoms with Gasteiger partial charge in [0, 0.05) is 50.8 Å². The first kappa shape index (κ1) is 18.3. The summed E-state index contributed by atoms with van der Waals surface area (Å²) in [6, 6.07) is 5.70. The van der Waals surface area contributed by atoms with Gasteiger partial charge in [-0.05, 0) is 56.7 Å². The largest absolute Gasteiger partial charge is 0.396 e. The number of benzene rings is 1. The Morgan fingerprint density at radius 2 is 1.84 bits per heavy atom. The topological polar surface area (TPSA) is 47.0 Å². The van der Waals surface area contributed by atoms with E-state index in [2.05, 4.69) is 16.8 Å². The van der Waals surface area contributed by atoms with Crippen LogP contribution in [-0.4, -0.2) is 85.2 Å². The summed E-state index contributed by atoms with van der Waals surface area (Å²) in [5, 5.41) is 9.76. The van der Waals surface area contributed by atoms with Gasteiger partial charge < -0.3 is 19.8 Å². The third-order valence-corrected chi connectivity index (χ3v) is 5.49. The number of nitrogens with zero attached hydrogens (tertiary/aromatic N) is 3. The highest BCUT2D eigenvalue weighted by Gasteiger charge is 2.36. The van der Waals surface area contributed by atoms with E-state index in [-0.39, 0.29) is 30.2 Å². The van der Waals surface area contributed by atoms with Gasteiger partial charge in [-0.3, -0.25) is 4.79 Å². The van der Waals surface area contributed by atoms with Crippen LogP contribution in [-0.2, 0) is 0 Å². The molecule has 6 heteroatoms. The summed E-state index contributed by atoms with van der Waals surface area (Å²) in [5.41, 5.74) is 0.509. The zero-order chi connectivity index (χ0) is 17.8. The van der Waals surface area contributed by atoms with Gasteiger partial charge in [-0.2, -0.15) is 0 Å². The van der Waals surface area contributed by atoms with Crippen LogP contribution in [0.3, 0.4) is 0 Å². The molecule has 5 nitrogen and oxygen atoms in total. The highest BCUT2D eigenvalue weighted by molar-refractivity contribution is 5.94. The number of rotatable bonds is 4. The van der Waals surface area contributed by atoms with Crippen LogP contribution in [0.15, 0.2) is 24.3 Å². The van der Waals surface area contributed by atoms with Crippen LogP contribution in [0, 0.1) is 17.7 Å². The van der Waals surface area contributed by atoms with Crippen molar-refractivity contribution in [3.8, 4) is 0 Å². The number of carbonyl (C=O) groups excluding carboxylic acids is 1. The number of halogens is 1. The Morgan fingerprint density at radius 1 is 1.12 bits per heavy atom. The zero-order valence-electron chi connectivity index (χ0n) is 14.9. The minimum absolute atomic E-state index is 0.0726. The normalized spacial score (nSPS) is 26.0. The van der Waals surface area contributed by atoms with Crippen molar-refractivity contribution in [2.75, 3.05) is 59.5 Å². The fraction of sp³-hybridized carbons (Fsp3) is 0.632. The highest BCUT2D eigenvalue weighted by Crippen LogP contribution is 2.26. The van der Waals surface area contributed by atoms with Crippen LogP contribution >= 0.6 is 0 Å². The van der Waals surface area contributed by atoms with Gasteiger partial charge in [-0.25, -0.2) is 4.39 Å². The third kappa shape index (κ3) is 4.57. The molecule has 0 saturated carbocycles. The molecule has 0 radical (unpaired) electrons. The lowest BCUT2D eigenvalue weighted by molar-refractivity contribution is 0.0779. The molecular formula is C19H28FN3O2. The van der Waals surface area contributed by atoms with Crippen molar-refractivity contribution >= 4 is 5.91 Å². The predicted molar refractivity (Wildman–Crippen MR) is 94.9 cm³/mol. The molecule has 1 aromatic rings. The van der Waals surface area contributed by atoms with Gasteiger partial charge in [-0.15, -0.1) is 0 Å². The molecule has 0 spiro atoms. The number of hydrogen-bond donors (Lipinski definition) is 1. The first-order chi connectivity index (χ1) is 12.1. The molecule has 2 aliphatic heterocycles. The molecule has 0 bridgehead atoms. The van der Waals surface area contributed by atoms with E-state index < -0.39 is 0 Å². The summed E-state index contributed by atoms with van der Waals surface area (Å²) < 4.78 is 13.1. The van der Waals surface area contributed by atoms with Crippen molar-refractivity contribution < 1.29 is 14.3 Å². The van der Waals surface area contributed by atoms with E-state index in [9.17, 15) is 14.3 Å². The van der Waals surface area contributed by atoms with Crippen LogP contribution in [0.2, 0.25) is 0 Å². The number of likely N-dealkylation sites (N-methyl/N-ethyl adjacent to an activating group) is 1. The lowest BCUT2D eigenvalue weighted by Crippen LogP contribution is -2.36. The fourth-order valence-electron chi connectivity index (χ4n) is 3.91. The highest BCUT2D eigenvalue weighted by atomic mass is 19.1. The molecule has 0 aromatic heterocycles. The Kier molecular flexibility index (Phi) is 6.04. The van der Waals surface area contributed by atoms with Gasteiger partial charge >= 0.3 is 0 Å². The molecule has 2 atom stereocenters. The van der Waals surface area contributed by atoms with E-state index in [0.717, 1.165) is 39.1 Å². The second-order valence-corrected chi connectivity index (χ2v) is 7.38. The number of likely N-dealkylation sites (tertiary alicyclic amines) is 1. The molecule has 25 heavy (non-hydrogen) atoms. The molecule has 2 fully saturated rings. The van der Waals surface area contributed by atoms with Gasteiger partial charge in [0.1, 0.15) is 5.82 Å². The quantitative estimate of drug-likeness (QED) is 0.886. The third-order valence-electron chi connectivity index (χ3n) is 5.49. The summed E-state index contributed by atoms with van der Waals surface area (Å²) >= 11 is 0. The average Bonchev–Trinajstić information content (AvgIpc) is 2.91. The lowest BCUT2D eigenvalue weighted by Gasteiger charge is -2.26. The second kappa shape index (κ2) is 8.25. The van der Waals surface area contributed by atoms with Crippen LogP contribution in [0.4, 0.5) is 4.39 Å². The minimum atomic E-state index is -0.338. The van der Waals surface area contributed by atoms with E-state index in [1.165, 1.54) is 24.3 Å². The molecular weight excluding hydrogens is 321 g/mol. The van der Waals surface area contributed by atoms with Crippen molar-refractivity contribution in [1.82, 2.24) is 14.7 Å². The van der Waals surface area contributed by atoms with Crippen molar-refractivity contribution in [2.24, 2.45) is 11.8 Å². The van der Waals surface area contributed by atoms with E-state index in [0.29, 0.717) is 18.7 Å². The summed E-state index contributed by atoms with van der Waals surface area (Å²) in [6.45, 7) is 6.56. The Hall–Kier alpha value is -1.50. The molecule has 1 amide bonds. The van der Waals surface area contributed by atoms with Crippen molar-refractivity contribution in [1.29, 1.82) is 0 Å². The number of aliphatic hydroxyl groups is 1. The Labute approximate surface area is 149 Å². The zero-order valence-corrected chi connectivity index (χ0v) is 14.9. The molecule has 1 aromatic carbocycles. The summed E-state index contributed by atoms with van der Waals surface area (Å²) in [7, 11) is 2.15. The SMILES string of the molecule is CN1CCCN(C[C@@H]2CN(C(=O)c3ccc(F)cc3)C[C@@H]2CO)CC1. The summed E-state index contributed by atoms with van der Waals surface area (Å²) in [4.78, 5) is 19.3. The maximum absolute atomic E-state index is 13.1. The fourth-order valence-corrected chi connectivity index (χ4v) is 3.91. The number of hydrogen-bond acceptors (Lipinski definition) is 4. The second-order valence-electron chi connectivity index (χ2n) is 7.38. The van der Waals surface area contributed by atoms with Crippen LogP contribution < -0.4 is 0 Å². The van der Waals surface area contributed by atoms with E-state index >= 15 is 0 Å². The van der Waals surface area contributed by atoms with Gasteiger partial charge in [-0.1, -0.05) is 0 Å². The number of carbonyl (C=O) groups is 1. The lowest BCUT2D eigenvalue weighted by atomic mass is 9.96. The molecule has 1 N–H and O–H groups in total. The molecule has 3 rings (SSSR count). The molecule has 0 aliphatic carbocycles. The smallest absolute Gasteiger partial charge is 0.253 e. The van der Waals surface area contributed by atoms with Gasteiger partial charge in [0.05, 0.1) is 0 Å². The number of aliphatic hydroxyl groups excluding tert-OH is 1. The Bertz CT molecular complexity index is 581. The summed E-state index contributed by atoms with van der Waals surface area (Å²) in [6.07, 6.45) is 1.16.